The number of methoxy groups -OCH3 is 1. The molecule has 1 saturated carbocycles. The molecule has 0 N–H and O–H groups in total. The lowest BCUT2D eigenvalue weighted by Crippen LogP contribution is -2.33. The van der Waals surface area contributed by atoms with Crippen LogP contribution in [0.4, 0.5) is 0 Å². The van der Waals surface area contributed by atoms with Crippen LogP contribution in [0.15, 0.2) is 35.5 Å². The molecule has 0 aromatic carbocycles. The highest BCUT2D eigenvalue weighted by Gasteiger charge is 2.28. The van der Waals surface area contributed by atoms with Crippen LogP contribution in [0.3, 0.4) is 0 Å². The minimum absolute atomic E-state index is 0.0639. The van der Waals surface area contributed by atoms with E-state index in [2.05, 4.69) is 15.0 Å². The zero-order valence-electron chi connectivity index (χ0n) is 19.9. The van der Waals surface area contributed by atoms with E-state index in [9.17, 15) is 14.4 Å². The molecule has 8 heteroatoms. The highest BCUT2D eigenvalue weighted by molar-refractivity contribution is 5.89. The minimum atomic E-state index is -0.629. The Morgan fingerprint density at radius 3 is 2.59 bits per heavy atom. The normalized spacial score (nSPS) is 15.3. The van der Waals surface area contributed by atoms with Gasteiger partial charge in [0.05, 0.1) is 30.5 Å². The first-order chi connectivity index (χ1) is 16.4. The molecule has 0 saturated heterocycles. The van der Waals surface area contributed by atoms with Crippen LogP contribution in [0.25, 0.3) is 11.0 Å². The van der Waals surface area contributed by atoms with Crippen molar-refractivity contribution in [2.24, 2.45) is 5.92 Å². The molecule has 1 fully saturated rings. The van der Waals surface area contributed by atoms with Gasteiger partial charge in [-0.05, 0) is 49.9 Å². The molecule has 0 aliphatic heterocycles. The Hall–Kier alpha value is -3.42. The lowest BCUT2D eigenvalue weighted by atomic mass is 9.83. The maximum Gasteiger partial charge on any atom is 0.339 e. The van der Waals surface area contributed by atoms with E-state index >= 15 is 0 Å². The Bertz CT molecular complexity index is 1260. The maximum absolute atomic E-state index is 13.6. The smallest absolute Gasteiger partial charge is 0.339 e. The summed E-state index contributed by atoms with van der Waals surface area (Å²) >= 11 is 0. The van der Waals surface area contributed by atoms with Gasteiger partial charge < -0.3 is 4.74 Å². The topological polar surface area (TPSA) is 104 Å². The van der Waals surface area contributed by atoms with Crippen molar-refractivity contribution in [2.45, 2.75) is 64.8 Å². The van der Waals surface area contributed by atoms with Crippen molar-refractivity contribution in [1.29, 1.82) is 0 Å². The molecule has 178 valence electrons. The number of rotatable bonds is 7. The van der Waals surface area contributed by atoms with Crippen molar-refractivity contribution in [1.82, 2.24) is 19.5 Å². The first-order valence-corrected chi connectivity index (χ1v) is 11.8. The summed E-state index contributed by atoms with van der Waals surface area (Å²) in [5.74, 6) is -0.185. The van der Waals surface area contributed by atoms with Gasteiger partial charge in [-0.1, -0.05) is 32.1 Å². The van der Waals surface area contributed by atoms with E-state index in [4.69, 9.17) is 4.74 Å². The molecule has 0 spiro atoms. The lowest BCUT2D eigenvalue weighted by Gasteiger charge is -2.27. The SMILES string of the molecule is COC(=O)c1ccc(CC(=O)C(CC2CCCCC2)n2cnc3nc(C)cc(C)c3c2=O)nc1. The van der Waals surface area contributed by atoms with Crippen LogP contribution < -0.4 is 5.56 Å². The maximum atomic E-state index is 13.6. The average Bonchev–Trinajstić information content (AvgIpc) is 2.83. The second kappa shape index (κ2) is 10.2. The molecule has 0 radical (unpaired) electrons. The van der Waals surface area contributed by atoms with Gasteiger partial charge in [0.1, 0.15) is 6.33 Å². The van der Waals surface area contributed by atoms with E-state index in [-0.39, 0.29) is 17.8 Å². The molecule has 0 amide bonds. The third kappa shape index (κ3) is 5.05. The van der Waals surface area contributed by atoms with E-state index in [0.717, 1.165) is 36.9 Å². The molecule has 4 rings (SSSR count). The Morgan fingerprint density at radius 2 is 1.91 bits per heavy atom. The highest BCUT2D eigenvalue weighted by Crippen LogP contribution is 2.31. The van der Waals surface area contributed by atoms with Gasteiger partial charge in [-0.3, -0.25) is 19.1 Å². The molecule has 1 unspecified atom stereocenters. The van der Waals surface area contributed by atoms with Gasteiger partial charge in [-0.15, -0.1) is 0 Å². The summed E-state index contributed by atoms with van der Waals surface area (Å²) in [4.78, 5) is 51.9. The summed E-state index contributed by atoms with van der Waals surface area (Å²) in [5.41, 5.74) is 2.64. The van der Waals surface area contributed by atoms with Crippen molar-refractivity contribution in [3.05, 3.63) is 63.6 Å². The second-order valence-electron chi connectivity index (χ2n) is 9.16. The first-order valence-electron chi connectivity index (χ1n) is 11.8. The number of esters is 1. The fourth-order valence-electron chi connectivity index (χ4n) is 4.90. The zero-order chi connectivity index (χ0) is 24.2. The second-order valence-corrected chi connectivity index (χ2v) is 9.16. The monoisotopic (exact) mass is 462 g/mol. The van der Waals surface area contributed by atoms with Crippen LogP contribution >= 0.6 is 0 Å². The van der Waals surface area contributed by atoms with Crippen LogP contribution in [-0.4, -0.2) is 38.4 Å². The van der Waals surface area contributed by atoms with E-state index in [1.807, 2.05) is 19.9 Å². The number of aromatic nitrogens is 4. The quantitative estimate of drug-likeness (QED) is 0.490. The molecular weight excluding hydrogens is 432 g/mol. The van der Waals surface area contributed by atoms with Gasteiger partial charge in [0.2, 0.25) is 0 Å². The largest absolute Gasteiger partial charge is 0.465 e. The van der Waals surface area contributed by atoms with Crippen molar-refractivity contribution in [2.75, 3.05) is 7.11 Å². The molecule has 3 aromatic heterocycles. The number of fused-ring (bicyclic) bond motifs is 1. The molecular formula is C26H30N4O4. The third-order valence-electron chi connectivity index (χ3n) is 6.67. The molecule has 0 bridgehead atoms. The summed E-state index contributed by atoms with van der Waals surface area (Å²) in [6.45, 7) is 3.74. The molecule has 34 heavy (non-hydrogen) atoms. The van der Waals surface area contributed by atoms with Crippen molar-refractivity contribution in [3.63, 3.8) is 0 Å². The van der Waals surface area contributed by atoms with E-state index in [1.165, 1.54) is 30.6 Å². The number of pyridine rings is 2. The predicted molar refractivity (Wildman–Crippen MR) is 128 cm³/mol. The lowest BCUT2D eigenvalue weighted by molar-refractivity contribution is -0.122. The summed E-state index contributed by atoms with van der Waals surface area (Å²) in [6, 6.07) is 4.48. The van der Waals surface area contributed by atoms with E-state index in [0.29, 0.717) is 34.6 Å². The number of aryl methyl sites for hydroxylation is 2. The van der Waals surface area contributed by atoms with Gasteiger partial charge in [-0.2, -0.15) is 0 Å². The number of nitrogens with zero attached hydrogens (tertiary/aromatic N) is 4. The van der Waals surface area contributed by atoms with Crippen LogP contribution in [0.1, 0.15) is 71.9 Å². The summed E-state index contributed by atoms with van der Waals surface area (Å²) in [7, 11) is 1.31. The molecule has 3 heterocycles. The van der Waals surface area contributed by atoms with Crippen LogP contribution in [0.2, 0.25) is 0 Å². The fourth-order valence-corrected chi connectivity index (χ4v) is 4.90. The van der Waals surface area contributed by atoms with E-state index < -0.39 is 12.0 Å². The van der Waals surface area contributed by atoms with Gasteiger partial charge in [0.15, 0.2) is 11.4 Å². The summed E-state index contributed by atoms with van der Waals surface area (Å²) in [5, 5.41) is 0.454. The molecule has 1 aliphatic carbocycles. The van der Waals surface area contributed by atoms with Crippen LogP contribution in [0.5, 0.6) is 0 Å². The number of ketones is 1. The highest BCUT2D eigenvalue weighted by atomic mass is 16.5. The predicted octanol–water partition coefficient (Wildman–Crippen LogP) is 3.91. The van der Waals surface area contributed by atoms with Gasteiger partial charge in [-0.25, -0.2) is 14.8 Å². The molecule has 1 atom stereocenters. The summed E-state index contributed by atoms with van der Waals surface area (Å²) < 4.78 is 6.20. The van der Waals surface area contributed by atoms with Gasteiger partial charge in [0.25, 0.3) is 5.56 Å². The summed E-state index contributed by atoms with van der Waals surface area (Å²) in [6.07, 6.45) is 9.18. The van der Waals surface area contributed by atoms with Crippen molar-refractivity contribution in [3.8, 4) is 0 Å². The molecule has 8 nitrogen and oxygen atoms in total. The number of carbonyl (C=O) groups is 2. The van der Waals surface area contributed by atoms with Crippen LogP contribution in [-0.2, 0) is 16.0 Å². The number of ether oxygens (including phenoxy) is 1. The first kappa shape index (κ1) is 23.7. The van der Waals surface area contributed by atoms with Crippen LogP contribution in [0, 0.1) is 19.8 Å². The number of Topliss-reactive ketones (excluding diaryl/α,β-unsaturated/α-hetero) is 1. The number of hydrogen-bond acceptors (Lipinski definition) is 7. The standard InChI is InChI=1S/C26H30N4O4/c1-16-11-17(2)29-24-23(16)25(32)30(15-28-24)21(12-18-7-5-4-6-8-18)22(31)13-20-10-9-19(14-27-20)26(33)34-3/h9-11,14-15,18,21H,4-8,12-13H2,1-3H3. The third-order valence-corrected chi connectivity index (χ3v) is 6.67. The van der Waals surface area contributed by atoms with Gasteiger partial charge >= 0.3 is 5.97 Å². The number of hydrogen-bond donors (Lipinski definition) is 0. The number of carbonyl (C=O) groups excluding carboxylic acids is 2. The van der Waals surface area contributed by atoms with E-state index in [1.54, 1.807) is 12.1 Å². The molecule has 1 aliphatic rings. The zero-order valence-corrected chi connectivity index (χ0v) is 19.9. The Balaban J connectivity index is 1.68. The van der Waals surface area contributed by atoms with Crippen molar-refractivity contribution < 1.29 is 14.3 Å². The Kier molecular flexibility index (Phi) is 7.14. The fraction of sp³-hybridized carbons (Fsp3) is 0.462. The minimum Gasteiger partial charge on any atom is -0.465 e. The average molecular weight is 463 g/mol. The van der Waals surface area contributed by atoms with Gasteiger partial charge in [0, 0.05) is 17.6 Å². The molecule has 3 aromatic rings. The Morgan fingerprint density at radius 1 is 1.15 bits per heavy atom. The van der Waals surface area contributed by atoms with Crippen molar-refractivity contribution >= 4 is 22.8 Å². The Labute approximate surface area is 198 Å².